The van der Waals surface area contributed by atoms with Gasteiger partial charge in [0.25, 0.3) is 0 Å². The molecule has 4 nitrogen and oxygen atoms in total. The maximum absolute atomic E-state index is 12.1. The molecule has 0 amide bonds. The summed E-state index contributed by atoms with van der Waals surface area (Å²) >= 11 is 0. The molecule has 2 aromatic rings. The molecule has 0 saturated heterocycles. The maximum atomic E-state index is 12.1. The van der Waals surface area contributed by atoms with Crippen LogP contribution in [0, 0.1) is 5.92 Å². The first-order valence-corrected chi connectivity index (χ1v) is 7.89. The van der Waals surface area contributed by atoms with Gasteiger partial charge in [-0.15, -0.1) is 0 Å². The largest absolute Gasteiger partial charge is 0.307 e. The third-order valence-corrected chi connectivity index (χ3v) is 4.65. The fourth-order valence-corrected chi connectivity index (χ4v) is 3.61. The molecule has 1 aliphatic carbocycles. The fourth-order valence-electron chi connectivity index (χ4n) is 3.61. The number of carbonyl (C=O) groups is 1. The topological polar surface area (TPSA) is 46.1 Å². The molecule has 2 aliphatic rings. The minimum atomic E-state index is 0.176. The molecule has 0 N–H and O–H groups in total. The van der Waals surface area contributed by atoms with Crippen LogP contribution < -0.4 is 4.90 Å². The number of hydrogen-bond acceptors (Lipinski definition) is 4. The monoisotopic (exact) mass is 293 g/mol. The van der Waals surface area contributed by atoms with Crippen LogP contribution in [0.3, 0.4) is 0 Å². The first-order chi connectivity index (χ1) is 10.6. The number of Topliss-reactive ketones (excluding diaryl/α,β-unsaturated/α-hetero) is 1. The Morgan fingerprint density at radius 2 is 1.95 bits per heavy atom. The lowest BCUT2D eigenvalue weighted by Crippen LogP contribution is -2.28. The van der Waals surface area contributed by atoms with E-state index in [2.05, 4.69) is 41.9 Å². The van der Waals surface area contributed by atoms with Gasteiger partial charge in [-0.2, -0.15) is 0 Å². The van der Waals surface area contributed by atoms with Crippen LogP contribution in [0.2, 0.25) is 0 Å². The van der Waals surface area contributed by atoms with Crippen LogP contribution in [0.1, 0.15) is 41.9 Å². The number of carbonyl (C=O) groups excluding carboxylic acids is 1. The zero-order valence-electron chi connectivity index (χ0n) is 12.9. The van der Waals surface area contributed by atoms with Crippen LogP contribution in [-0.4, -0.2) is 21.8 Å². The highest BCUT2D eigenvalue weighted by molar-refractivity contribution is 5.98. The molecule has 1 aliphatic heterocycles. The molecule has 112 valence electrons. The molecule has 0 unspecified atom stereocenters. The predicted molar refractivity (Wildman–Crippen MR) is 85.6 cm³/mol. The summed E-state index contributed by atoms with van der Waals surface area (Å²) in [4.78, 5) is 23.5. The molecule has 22 heavy (non-hydrogen) atoms. The fraction of sp³-hybridized carbons (Fsp3) is 0.389. The van der Waals surface area contributed by atoms with Gasteiger partial charge < -0.3 is 4.90 Å². The van der Waals surface area contributed by atoms with Crippen molar-refractivity contribution in [1.29, 1.82) is 0 Å². The van der Waals surface area contributed by atoms with Crippen molar-refractivity contribution in [2.75, 3.05) is 4.90 Å². The number of nitrogens with zero attached hydrogens (tertiary/aromatic N) is 3. The third-order valence-electron chi connectivity index (χ3n) is 4.65. The normalized spacial score (nSPS) is 23.4. The molecule has 0 spiro atoms. The second-order valence-corrected chi connectivity index (χ2v) is 6.52. The van der Waals surface area contributed by atoms with Gasteiger partial charge in [-0.3, -0.25) is 4.79 Å². The molecule has 4 rings (SSSR count). The Kier molecular flexibility index (Phi) is 2.99. The Morgan fingerprint density at radius 3 is 2.82 bits per heavy atom. The summed E-state index contributed by atoms with van der Waals surface area (Å²) in [6.07, 6.45) is 4.20. The molecular formula is C18H19N3O. The van der Waals surface area contributed by atoms with E-state index in [9.17, 15) is 4.79 Å². The summed E-state index contributed by atoms with van der Waals surface area (Å²) in [5.74, 6) is 1.26. The van der Waals surface area contributed by atoms with Crippen LogP contribution >= 0.6 is 0 Å². The van der Waals surface area contributed by atoms with Gasteiger partial charge in [-0.05, 0) is 37.3 Å². The Balaban J connectivity index is 1.78. The van der Waals surface area contributed by atoms with E-state index in [0.29, 0.717) is 23.9 Å². The standard InChI is InChI=1S/C18H19N3O/c1-11-7-15-14(17(22)8-11)10-19-18(20-15)21-12(2)9-13-5-3-4-6-16(13)21/h3-6,10-12H,7-9H2,1-2H3/t11-,12-/m1/s1. The minimum absolute atomic E-state index is 0.176. The summed E-state index contributed by atoms with van der Waals surface area (Å²) in [7, 11) is 0. The van der Waals surface area contributed by atoms with Crippen molar-refractivity contribution in [2.45, 2.75) is 39.2 Å². The van der Waals surface area contributed by atoms with Gasteiger partial charge in [0.15, 0.2) is 5.78 Å². The highest BCUT2D eigenvalue weighted by Gasteiger charge is 2.31. The molecule has 0 saturated carbocycles. The van der Waals surface area contributed by atoms with E-state index in [4.69, 9.17) is 4.98 Å². The second kappa shape index (κ2) is 4.90. The maximum Gasteiger partial charge on any atom is 0.230 e. The van der Waals surface area contributed by atoms with E-state index in [1.54, 1.807) is 6.20 Å². The lowest BCUT2D eigenvalue weighted by Gasteiger charge is -2.25. The van der Waals surface area contributed by atoms with E-state index in [1.807, 2.05) is 6.07 Å². The number of anilines is 2. The Hall–Kier alpha value is -2.23. The van der Waals surface area contributed by atoms with E-state index in [1.165, 1.54) is 11.3 Å². The van der Waals surface area contributed by atoms with Gasteiger partial charge in [-0.25, -0.2) is 9.97 Å². The average Bonchev–Trinajstić information content (AvgIpc) is 2.82. The van der Waals surface area contributed by atoms with Crippen LogP contribution in [-0.2, 0) is 12.8 Å². The van der Waals surface area contributed by atoms with Crippen molar-refractivity contribution in [3.8, 4) is 0 Å². The molecule has 4 heteroatoms. The van der Waals surface area contributed by atoms with Gasteiger partial charge in [0.1, 0.15) is 0 Å². The van der Waals surface area contributed by atoms with Crippen molar-refractivity contribution >= 4 is 17.4 Å². The van der Waals surface area contributed by atoms with Crippen molar-refractivity contribution in [2.24, 2.45) is 5.92 Å². The van der Waals surface area contributed by atoms with Crippen molar-refractivity contribution in [3.63, 3.8) is 0 Å². The molecule has 0 radical (unpaired) electrons. The SMILES string of the molecule is C[C@H]1CC(=O)c2cnc(N3c4ccccc4C[C@H]3C)nc2C1. The Labute approximate surface area is 130 Å². The number of rotatable bonds is 1. The minimum Gasteiger partial charge on any atom is -0.307 e. The lowest BCUT2D eigenvalue weighted by atomic mass is 9.88. The van der Waals surface area contributed by atoms with Crippen molar-refractivity contribution in [1.82, 2.24) is 9.97 Å². The van der Waals surface area contributed by atoms with Crippen LogP contribution in [0.15, 0.2) is 30.5 Å². The third kappa shape index (κ3) is 2.02. The van der Waals surface area contributed by atoms with Crippen LogP contribution in [0.25, 0.3) is 0 Å². The van der Waals surface area contributed by atoms with Gasteiger partial charge in [0.2, 0.25) is 5.95 Å². The highest BCUT2D eigenvalue weighted by Crippen LogP contribution is 2.37. The van der Waals surface area contributed by atoms with Gasteiger partial charge in [-0.1, -0.05) is 25.1 Å². The summed E-state index contributed by atoms with van der Waals surface area (Å²) in [5.41, 5.74) is 4.14. The second-order valence-electron chi connectivity index (χ2n) is 6.52. The molecule has 0 bridgehead atoms. The first kappa shape index (κ1) is 13.4. The summed E-state index contributed by atoms with van der Waals surface area (Å²) < 4.78 is 0. The van der Waals surface area contributed by atoms with Gasteiger partial charge in [0.05, 0.1) is 11.3 Å². The van der Waals surface area contributed by atoms with E-state index in [-0.39, 0.29) is 5.78 Å². The lowest BCUT2D eigenvalue weighted by molar-refractivity contribution is 0.0951. The van der Waals surface area contributed by atoms with Gasteiger partial charge >= 0.3 is 0 Å². The number of benzene rings is 1. The molecular weight excluding hydrogens is 274 g/mol. The van der Waals surface area contributed by atoms with Crippen LogP contribution in [0.4, 0.5) is 11.6 Å². The number of hydrogen-bond donors (Lipinski definition) is 0. The average molecular weight is 293 g/mol. The number of fused-ring (bicyclic) bond motifs is 2. The van der Waals surface area contributed by atoms with Crippen molar-refractivity contribution in [3.05, 3.63) is 47.3 Å². The summed E-state index contributed by atoms with van der Waals surface area (Å²) in [6.45, 7) is 4.30. The molecule has 1 aromatic heterocycles. The number of para-hydroxylation sites is 1. The highest BCUT2D eigenvalue weighted by atomic mass is 16.1. The smallest absolute Gasteiger partial charge is 0.230 e. The predicted octanol–water partition coefficient (Wildman–Crippen LogP) is 3.32. The molecule has 2 atom stereocenters. The molecule has 0 fully saturated rings. The van der Waals surface area contributed by atoms with Gasteiger partial charge in [0, 0.05) is 24.3 Å². The summed E-state index contributed by atoms with van der Waals surface area (Å²) in [6, 6.07) is 8.74. The van der Waals surface area contributed by atoms with E-state index >= 15 is 0 Å². The van der Waals surface area contributed by atoms with Crippen LogP contribution in [0.5, 0.6) is 0 Å². The summed E-state index contributed by atoms with van der Waals surface area (Å²) in [5, 5.41) is 0. The van der Waals surface area contributed by atoms with Crippen molar-refractivity contribution < 1.29 is 4.79 Å². The number of aromatic nitrogens is 2. The number of ketones is 1. The van der Waals surface area contributed by atoms with E-state index in [0.717, 1.165) is 24.5 Å². The first-order valence-electron chi connectivity index (χ1n) is 7.89. The molecule has 2 heterocycles. The molecule has 1 aromatic carbocycles. The Bertz CT molecular complexity index is 756. The quantitative estimate of drug-likeness (QED) is 0.809. The zero-order chi connectivity index (χ0) is 15.3. The zero-order valence-corrected chi connectivity index (χ0v) is 12.9. The Morgan fingerprint density at radius 1 is 1.14 bits per heavy atom. The van der Waals surface area contributed by atoms with E-state index < -0.39 is 0 Å².